The molecule has 3 rings (SSSR count). The van der Waals surface area contributed by atoms with E-state index in [1.807, 2.05) is 11.8 Å². The Bertz CT molecular complexity index is 382. The molecule has 0 spiro atoms. The lowest BCUT2D eigenvalue weighted by Gasteiger charge is -2.24. The summed E-state index contributed by atoms with van der Waals surface area (Å²) >= 11 is 2.03. The van der Waals surface area contributed by atoms with Crippen LogP contribution in [0.25, 0.3) is 0 Å². The fraction of sp³-hybridized carbons (Fsp3) is 0.667. The van der Waals surface area contributed by atoms with Gasteiger partial charge in [0.05, 0.1) is 0 Å². The third kappa shape index (κ3) is 4.53. The van der Waals surface area contributed by atoms with E-state index in [4.69, 9.17) is 0 Å². The predicted molar refractivity (Wildman–Crippen MR) is 88.3 cm³/mol. The van der Waals surface area contributed by atoms with E-state index < -0.39 is 0 Å². The molecule has 20 heavy (non-hydrogen) atoms. The average molecular weight is 289 g/mol. The Hall–Kier alpha value is -0.470. The van der Waals surface area contributed by atoms with Crippen LogP contribution in [0.5, 0.6) is 0 Å². The standard InChI is InChI=1S/C18H27NS/c1-2-8-18(9-3-1)20-13-12-16(14-19-17-10-11-17)15-6-4-5-7-15/h1-3,8-9,15-17,19H,4-7,10-14H2. The summed E-state index contributed by atoms with van der Waals surface area (Å²) in [7, 11) is 0. The molecular weight excluding hydrogens is 262 g/mol. The molecule has 0 radical (unpaired) electrons. The predicted octanol–water partition coefficient (Wildman–Crippen LogP) is 4.73. The van der Waals surface area contributed by atoms with E-state index in [1.165, 1.54) is 62.1 Å². The lowest BCUT2D eigenvalue weighted by molar-refractivity contribution is 0.315. The molecule has 0 aromatic heterocycles. The zero-order chi connectivity index (χ0) is 13.6. The number of hydrogen-bond donors (Lipinski definition) is 1. The maximum Gasteiger partial charge on any atom is 0.00719 e. The maximum atomic E-state index is 3.77. The lowest BCUT2D eigenvalue weighted by Crippen LogP contribution is -2.29. The van der Waals surface area contributed by atoms with Crippen LogP contribution in [0.4, 0.5) is 0 Å². The lowest BCUT2D eigenvalue weighted by atomic mass is 9.88. The molecule has 0 saturated heterocycles. The van der Waals surface area contributed by atoms with E-state index in [1.54, 1.807) is 0 Å². The topological polar surface area (TPSA) is 12.0 Å². The number of thioether (sulfide) groups is 1. The van der Waals surface area contributed by atoms with Crippen LogP contribution in [-0.4, -0.2) is 18.3 Å². The minimum atomic E-state index is 0.862. The summed E-state index contributed by atoms with van der Waals surface area (Å²) in [5, 5.41) is 3.77. The quantitative estimate of drug-likeness (QED) is 0.695. The molecular formula is C18H27NS. The minimum Gasteiger partial charge on any atom is -0.314 e. The second kappa shape index (κ2) is 7.51. The highest BCUT2D eigenvalue weighted by Gasteiger charge is 2.27. The highest BCUT2D eigenvalue weighted by atomic mass is 32.2. The molecule has 0 heterocycles. The van der Waals surface area contributed by atoms with Gasteiger partial charge >= 0.3 is 0 Å². The summed E-state index contributed by atoms with van der Waals surface area (Å²) in [5.74, 6) is 3.18. The second-order valence-corrected chi connectivity index (χ2v) is 7.61. The first kappa shape index (κ1) is 14.5. The smallest absolute Gasteiger partial charge is 0.00719 e. The van der Waals surface area contributed by atoms with Crippen molar-refractivity contribution in [2.75, 3.05) is 12.3 Å². The molecule has 1 N–H and O–H groups in total. The molecule has 1 aromatic rings. The van der Waals surface area contributed by atoms with Gasteiger partial charge in [-0.3, -0.25) is 0 Å². The molecule has 1 aromatic carbocycles. The van der Waals surface area contributed by atoms with Gasteiger partial charge in [0, 0.05) is 10.9 Å². The zero-order valence-electron chi connectivity index (χ0n) is 12.4. The van der Waals surface area contributed by atoms with Crippen molar-refractivity contribution in [3.63, 3.8) is 0 Å². The van der Waals surface area contributed by atoms with Crippen molar-refractivity contribution < 1.29 is 0 Å². The van der Waals surface area contributed by atoms with Crippen LogP contribution >= 0.6 is 11.8 Å². The minimum absolute atomic E-state index is 0.862. The van der Waals surface area contributed by atoms with Gasteiger partial charge in [-0.15, -0.1) is 11.8 Å². The number of hydrogen-bond acceptors (Lipinski definition) is 2. The van der Waals surface area contributed by atoms with Crippen molar-refractivity contribution in [1.82, 2.24) is 5.32 Å². The van der Waals surface area contributed by atoms with Crippen LogP contribution in [0, 0.1) is 11.8 Å². The van der Waals surface area contributed by atoms with Crippen LogP contribution in [0.15, 0.2) is 35.2 Å². The van der Waals surface area contributed by atoms with Crippen LogP contribution in [-0.2, 0) is 0 Å². The maximum absolute atomic E-state index is 3.77. The van der Waals surface area contributed by atoms with Crippen molar-refractivity contribution in [2.24, 2.45) is 11.8 Å². The fourth-order valence-electron chi connectivity index (χ4n) is 3.38. The molecule has 2 aliphatic carbocycles. The molecule has 0 bridgehead atoms. The molecule has 0 amide bonds. The Morgan fingerprint density at radius 1 is 1.05 bits per heavy atom. The summed E-state index contributed by atoms with van der Waals surface area (Å²) in [6.45, 7) is 1.27. The van der Waals surface area contributed by atoms with Crippen molar-refractivity contribution in [3.05, 3.63) is 30.3 Å². The Morgan fingerprint density at radius 3 is 2.50 bits per heavy atom. The molecule has 110 valence electrons. The van der Waals surface area contributed by atoms with Gasteiger partial charge in [0.15, 0.2) is 0 Å². The van der Waals surface area contributed by atoms with Crippen LogP contribution in [0.2, 0.25) is 0 Å². The monoisotopic (exact) mass is 289 g/mol. The fourth-order valence-corrected chi connectivity index (χ4v) is 4.39. The largest absolute Gasteiger partial charge is 0.314 e. The van der Waals surface area contributed by atoms with Crippen LogP contribution in [0.1, 0.15) is 44.9 Å². The van der Waals surface area contributed by atoms with Gasteiger partial charge in [0.1, 0.15) is 0 Å². The highest BCUT2D eigenvalue weighted by molar-refractivity contribution is 7.99. The second-order valence-electron chi connectivity index (χ2n) is 6.44. The average Bonchev–Trinajstić information content (AvgIpc) is 3.16. The van der Waals surface area contributed by atoms with E-state index in [-0.39, 0.29) is 0 Å². The van der Waals surface area contributed by atoms with Crippen LogP contribution < -0.4 is 5.32 Å². The van der Waals surface area contributed by atoms with Gasteiger partial charge in [-0.05, 0) is 55.5 Å². The van der Waals surface area contributed by atoms with Crippen molar-refractivity contribution in [3.8, 4) is 0 Å². The highest BCUT2D eigenvalue weighted by Crippen LogP contribution is 2.34. The summed E-state index contributed by atoms with van der Waals surface area (Å²) < 4.78 is 0. The van der Waals surface area contributed by atoms with Gasteiger partial charge in [-0.25, -0.2) is 0 Å². The van der Waals surface area contributed by atoms with Crippen molar-refractivity contribution in [1.29, 1.82) is 0 Å². The molecule has 1 atom stereocenters. The third-order valence-corrected chi connectivity index (χ3v) is 5.86. The van der Waals surface area contributed by atoms with Gasteiger partial charge in [0.2, 0.25) is 0 Å². The first-order chi connectivity index (χ1) is 9.92. The molecule has 1 nitrogen and oxygen atoms in total. The summed E-state index contributed by atoms with van der Waals surface area (Å²) in [6, 6.07) is 11.7. The molecule has 2 aliphatic rings. The van der Waals surface area contributed by atoms with Crippen molar-refractivity contribution in [2.45, 2.75) is 55.9 Å². The Kier molecular flexibility index (Phi) is 5.43. The summed E-state index contributed by atoms with van der Waals surface area (Å²) in [4.78, 5) is 1.42. The molecule has 2 fully saturated rings. The number of nitrogens with one attached hydrogen (secondary N) is 1. The van der Waals surface area contributed by atoms with E-state index in [2.05, 4.69) is 35.6 Å². The summed E-state index contributed by atoms with van der Waals surface area (Å²) in [5.41, 5.74) is 0. The Morgan fingerprint density at radius 2 is 1.80 bits per heavy atom. The van der Waals surface area contributed by atoms with Gasteiger partial charge in [-0.2, -0.15) is 0 Å². The first-order valence-electron chi connectivity index (χ1n) is 8.33. The first-order valence-corrected chi connectivity index (χ1v) is 9.31. The van der Waals surface area contributed by atoms with E-state index in [0.717, 1.165) is 17.9 Å². The Labute approximate surface area is 127 Å². The van der Waals surface area contributed by atoms with Gasteiger partial charge in [0.25, 0.3) is 0 Å². The molecule has 2 heteroatoms. The molecule has 0 aliphatic heterocycles. The normalized spacial score (nSPS) is 21.2. The van der Waals surface area contributed by atoms with Crippen molar-refractivity contribution >= 4 is 11.8 Å². The Balaban J connectivity index is 1.44. The SMILES string of the molecule is c1ccc(SCCC(CNC2CC2)C2CCCC2)cc1. The van der Waals surface area contributed by atoms with Gasteiger partial charge in [-0.1, -0.05) is 43.9 Å². The van der Waals surface area contributed by atoms with Gasteiger partial charge < -0.3 is 5.32 Å². The van der Waals surface area contributed by atoms with E-state index in [9.17, 15) is 0 Å². The van der Waals surface area contributed by atoms with E-state index >= 15 is 0 Å². The summed E-state index contributed by atoms with van der Waals surface area (Å²) in [6.07, 6.45) is 10.1. The third-order valence-electron chi connectivity index (χ3n) is 4.81. The number of benzene rings is 1. The molecule has 2 saturated carbocycles. The number of rotatable bonds is 8. The van der Waals surface area contributed by atoms with Crippen LogP contribution in [0.3, 0.4) is 0 Å². The zero-order valence-corrected chi connectivity index (χ0v) is 13.2. The van der Waals surface area contributed by atoms with E-state index in [0.29, 0.717) is 0 Å². The molecule has 1 unspecified atom stereocenters.